The summed E-state index contributed by atoms with van der Waals surface area (Å²) in [4.78, 5) is 49.4. The van der Waals surface area contributed by atoms with E-state index in [-0.39, 0.29) is 24.9 Å². The van der Waals surface area contributed by atoms with Gasteiger partial charge in [-0.2, -0.15) is 0 Å². The fraction of sp³-hybridized carbons (Fsp3) is 0.800. The fourth-order valence-corrected chi connectivity index (χ4v) is 11.4. The molecule has 4 aliphatic carbocycles. The Morgan fingerprint density at radius 2 is 1.23 bits per heavy atom. The van der Waals surface area contributed by atoms with Crippen molar-refractivity contribution in [3.05, 3.63) is 12.2 Å². The zero-order valence-corrected chi connectivity index (χ0v) is 24.3. The largest absolute Gasteiger partial charge is 0.458 e. The van der Waals surface area contributed by atoms with Gasteiger partial charge in [-0.25, -0.2) is 9.59 Å². The average Bonchev–Trinajstić information content (AvgIpc) is 3.58. The summed E-state index contributed by atoms with van der Waals surface area (Å²) in [7, 11) is 0. The summed E-state index contributed by atoms with van der Waals surface area (Å²) in [6, 6.07) is 0. The number of carbonyl (C=O) groups is 4. The first-order chi connectivity index (χ1) is 19.9. The Kier molecular flexibility index (Phi) is 4.24. The van der Waals surface area contributed by atoms with Gasteiger partial charge in [0.25, 0.3) is 0 Å². The Balaban J connectivity index is 0.000000121. The Morgan fingerprint density at radius 1 is 0.791 bits per heavy atom. The smallest absolute Gasteiger partial charge is 0.342 e. The number of epoxide rings is 2. The molecule has 0 unspecified atom stereocenters. The van der Waals surface area contributed by atoms with Gasteiger partial charge in [-0.15, -0.1) is 0 Å². The topological polar surface area (TPSA) is 191 Å². The summed E-state index contributed by atoms with van der Waals surface area (Å²) in [5.74, 6) is -4.37. The molecule has 43 heavy (non-hydrogen) atoms. The maximum atomic E-state index is 12.4. The molecule has 0 amide bonds. The molecular weight excluding hydrogens is 568 g/mol. The van der Waals surface area contributed by atoms with Crippen molar-refractivity contribution >= 4 is 23.9 Å². The number of ether oxygens (including phenoxy) is 6. The SMILES string of the molecule is C=C(C)[C@@H]1[C@H]2OC(=O)[C@@H]1[C@]1(O)C[C@H]3O[C@]34C(=O)O[C@H]2[C@@]14C.CC(C)(O)[C@@H]1[C@H]2OC(=O)[C@@H]1[C@]1(O)C[C@H]3O[C@]34C(=O)O[C@H]2[C@@]14C. The lowest BCUT2D eigenvalue weighted by molar-refractivity contribution is -0.223. The minimum absolute atomic E-state index is 0.189. The summed E-state index contributed by atoms with van der Waals surface area (Å²) in [5, 5.41) is 33.3. The number of esters is 4. The molecule has 10 rings (SSSR count). The molecule has 13 heteroatoms. The van der Waals surface area contributed by atoms with Crippen LogP contribution >= 0.6 is 0 Å². The Morgan fingerprint density at radius 3 is 1.72 bits per heavy atom. The monoisotopic (exact) mass is 602 g/mol. The van der Waals surface area contributed by atoms with Gasteiger partial charge in [-0.05, 0) is 34.6 Å². The van der Waals surface area contributed by atoms with E-state index in [1.165, 1.54) is 0 Å². The van der Waals surface area contributed by atoms with Crippen LogP contribution < -0.4 is 0 Å². The maximum Gasteiger partial charge on any atom is 0.342 e. The second-order valence-corrected chi connectivity index (χ2v) is 15.3. The van der Waals surface area contributed by atoms with Crippen LogP contribution in [0.15, 0.2) is 12.2 Å². The van der Waals surface area contributed by atoms with Gasteiger partial charge in [0.15, 0.2) is 12.2 Å². The molecule has 10 fully saturated rings. The standard InChI is InChI=1S/C15H18O7.C15H16O6/c1-12(2,18)6-7-10(16)20-8(6)9-13(3)14(7,19)4-5-15(13,22-5)11(17)21-9;1-5(2)7-8-11(16)19-9(7)10-13(3)14(8,18)4-6-15(13,21-6)12(17)20-10/h5-9,18-19H,4H2,1-3H3;6-10,18H,1,4H2,2-3H3/t5-,6+,7-,8-,9-,13+,14-,15+;6-,7+,8-,9-,10-,13+,14-,15+/m11/s1. The number of fused-ring (bicyclic) bond motifs is 8. The number of rotatable bonds is 2. The van der Waals surface area contributed by atoms with E-state index in [2.05, 4.69) is 6.58 Å². The second kappa shape index (κ2) is 6.81. The van der Waals surface area contributed by atoms with Gasteiger partial charge in [0.05, 0.1) is 39.5 Å². The molecule has 2 spiro atoms. The van der Waals surface area contributed by atoms with Gasteiger partial charge in [-0.3, -0.25) is 9.59 Å². The first kappa shape index (κ1) is 26.8. The summed E-state index contributed by atoms with van der Waals surface area (Å²) in [6.45, 7) is 12.5. The van der Waals surface area contributed by atoms with Crippen LogP contribution in [0.4, 0.5) is 0 Å². The lowest BCUT2D eigenvalue weighted by Gasteiger charge is -2.53. The molecule has 10 aliphatic rings. The maximum absolute atomic E-state index is 12.4. The van der Waals surface area contributed by atoms with Gasteiger partial charge < -0.3 is 43.7 Å². The molecule has 0 aromatic heterocycles. The molecular formula is C30H34O13. The highest BCUT2D eigenvalue weighted by atomic mass is 16.7. The lowest BCUT2D eigenvalue weighted by atomic mass is 9.52. The number of aliphatic hydroxyl groups is 3. The van der Waals surface area contributed by atoms with Crippen molar-refractivity contribution in [3.8, 4) is 0 Å². The molecule has 4 bridgehead atoms. The minimum atomic E-state index is -1.47. The van der Waals surface area contributed by atoms with Gasteiger partial charge in [-0.1, -0.05) is 12.2 Å². The van der Waals surface area contributed by atoms with E-state index in [1.54, 1.807) is 27.7 Å². The molecule has 3 N–H and O–H groups in total. The quantitative estimate of drug-likeness (QED) is 0.152. The molecule has 0 radical (unpaired) electrons. The number of hydrogen-bond donors (Lipinski definition) is 3. The summed E-state index contributed by atoms with van der Waals surface area (Å²) >= 11 is 0. The van der Waals surface area contributed by atoms with Crippen LogP contribution in [0.2, 0.25) is 0 Å². The highest BCUT2D eigenvalue weighted by molar-refractivity contribution is 5.92. The van der Waals surface area contributed by atoms with Crippen LogP contribution in [0.1, 0.15) is 47.5 Å². The minimum Gasteiger partial charge on any atom is -0.458 e. The molecule has 232 valence electrons. The van der Waals surface area contributed by atoms with Crippen molar-refractivity contribution in [1.29, 1.82) is 0 Å². The second-order valence-electron chi connectivity index (χ2n) is 15.3. The molecule has 13 nitrogen and oxygen atoms in total. The van der Waals surface area contributed by atoms with Crippen molar-refractivity contribution < 1.29 is 62.9 Å². The van der Waals surface area contributed by atoms with Gasteiger partial charge in [0, 0.05) is 24.7 Å². The van der Waals surface area contributed by atoms with E-state index in [1.807, 2.05) is 6.92 Å². The van der Waals surface area contributed by atoms with Crippen molar-refractivity contribution in [2.24, 2.45) is 34.5 Å². The van der Waals surface area contributed by atoms with Crippen molar-refractivity contribution in [3.63, 3.8) is 0 Å². The molecule has 0 aromatic carbocycles. The number of hydrogen-bond acceptors (Lipinski definition) is 13. The van der Waals surface area contributed by atoms with E-state index in [0.29, 0.717) is 0 Å². The third-order valence-corrected chi connectivity index (χ3v) is 13.4. The van der Waals surface area contributed by atoms with Crippen molar-refractivity contribution in [1.82, 2.24) is 0 Å². The van der Waals surface area contributed by atoms with Gasteiger partial charge in [0.2, 0.25) is 11.2 Å². The summed E-state index contributed by atoms with van der Waals surface area (Å²) in [5.41, 5.74) is -7.49. The fourth-order valence-electron chi connectivity index (χ4n) is 11.4. The first-order valence-corrected chi connectivity index (χ1v) is 14.9. The van der Waals surface area contributed by atoms with Crippen LogP contribution in [0.5, 0.6) is 0 Å². The molecule has 16 atom stereocenters. The third-order valence-electron chi connectivity index (χ3n) is 13.4. The Bertz CT molecular complexity index is 1500. The predicted molar refractivity (Wildman–Crippen MR) is 135 cm³/mol. The molecule has 6 saturated heterocycles. The first-order valence-electron chi connectivity index (χ1n) is 14.9. The number of carbonyl (C=O) groups excluding carboxylic acids is 4. The molecule has 6 aliphatic heterocycles. The van der Waals surface area contributed by atoms with E-state index in [0.717, 1.165) is 5.57 Å². The van der Waals surface area contributed by atoms with E-state index < -0.39 is 111 Å². The lowest BCUT2D eigenvalue weighted by Crippen LogP contribution is -2.68. The predicted octanol–water partition coefficient (Wildman–Crippen LogP) is -0.929. The molecule has 0 aromatic rings. The van der Waals surface area contributed by atoms with E-state index >= 15 is 0 Å². The summed E-state index contributed by atoms with van der Waals surface area (Å²) in [6.07, 6.45) is -3.12. The van der Waals surface area contributed by atoms with Crippen LogP contribution in [-0.4, -0.2) is 104 Å². The third kappa shape index (κ3) is 2.29. The zero-order valence-electron chi connectivity index (χ0n) is 24.3. The normalized spacial score (nSPS) is 61.3. The molecule has 6 heterocycles. The van der Waals surface area contributed by atoms with Crippen LogP contribution in [0, 0.1) is 34.5 Å². The van der Waals surface area contributed by atoms with Crippen molar-refractivity contribution in [2.75, 3.05) is 0 Å². The Hall–Kier alpha value is -2.58. The van der Waals surface area contributed by atoms with Gasteiger partial charge in [0.1, 0.15) is 24.4 Å². The average molecular weight is 603 g/mol. The highest BCUT2D eigenvalue weighted by Gasteiger charge is 2.97. The van der Waals surface area contributed by atoms with Gasteiger partial charge >= 0.3 is 23.9 Å². The van der Waals surface area contributed by atoms with Crippen molar-refractivity contribution in [2.45, 2.75) is 112 Å². The van der Waals surface area contributed by atoms with E-state index in [9.17, 15) is 34.5 Å². The van der Waals surface area contributed by atoms with Crippen LogP contribution in [-0.2, 0) is 47.6 Å². The van der Waals surface area contributed by atoms with Crippen LogP contribution in [0.3, 0.4) is 0 Å². The highest BCUT2D eigenvalue weighted by Crippen LogP contribution is 2.78. The van der Waals surface area contributed by atoms with Crippen LogP contribution in [0.25, 0.3) is 0 Å². The summed E-state index contributed by atoms with van der Waals surface area (Å²) < 4.78 is 33.2. The Labute approximate surface area is 245 Å². The molecule has 4 saturated carbocycles. The van der Waals surface area contributed by atoms with E-state index in [4.69, 9.17) is 28.4 Å². The zero-order chi connectivity index (χ0) is 30.8.